The quantitative estimate of drug-likeness (QED) is 0.193. The van der Waals surface area contributed by atoms with Gasteiger partial charge in [0.1, 0.15) is 11.0 Å². The fourth-order valence-corrected chi connectivity index (χ4v) is 8.45. The SMILES string of the molecule is C/C=c1\c(=C/C)oc2cccc(-c3ccc4c(c3)C3(CCCCC3)c3cccc(-c5nc(-c6ccccc6)nc(-c6ccccc6)n5)c3-4)c12. The Balaban J connectivity index is 1.28. The molecule has 7 aromatic rings. The number of aromatic nitrogens is 3. The van der Waals surface area contributed by atoms with Crippen LogP contribution in [0, 0.1) is 0 Å². The molecule has 0 unspecified atom stereocenters. The highest BCUT2D eigenvalue weighted by Gasteiger charge is 2.45. The highest BCUT2D eigenvalue weighted by atomic mass is 16.3. The monoisotopic (exact) mass is 635 g/mol. The molecule has 9 rings (SSSR count). The van der Waals surface area contributed by atoms with E-state index in [0.29, 0.717) is 17.5 Å². The molecule has 2 aliphatic rings. The van der Waals surface area contributed by atoms with Crippen molar-refractivity contribution < 1.29 is 4.42 Å². The standard InChI is InChI=1S/C45H37N3O/c1-3-32-38(4-2)49-39-23-15-20-33(41(32)39)31-24-25-34-37(28-31)45(26-12-7-13-27-45)36-22-14-21-35(40(34)36)44-47-42(29-16-8-5-9-17-29)46-43(48-44)30-18-10-6-11-19-30/h3-6,8-11,14-25,28H,7,12-13,26-27H2,1-2H3/b32-3+,38-4+. The molecule has 0 atom stereocenters. The number of nitrogens with zero attached hydrogens (tertiary/aromatic N) is 3. The number of fused-ring (bicyclic) bond motifs is 6. The van der Waals surface area contributed by atoms with E-state index in [0.717, 1.165) is 45.7 Å². The molecule has 1 fully saturated rings. The van der Waals surface area contributed by atoms with Crippen molar-refractivity contribution in [2.45, 2.75) is 51.4 Å². The van der Waals surface area contributed by atoms with Gasteiger partial charge >= 0.3 is 0 Å². The van der Waals surface area contributed by atoms with Crippen LogP contribution in [0.5, 0.6) is 0 Å². The summed E-state index contributed by atoms with van der Waals surface area (Å²) in [6.45, 7) is 4.14. The minimum atomic E-state index is -0.0428. The zero-order valence-corrected chi connectivity index (χ0v) is 27.9. The van der Waals surface area contributed by atoms with E-state index in [4.69, 9.17) is 19.4 Å². The molecule has 4 heteroatoms. The summed E-state index contributed by atoms with van der Waals surface area (Å²) in [6.07, 6.45) is 10.2. The van der Waals surface area contributed by atoms with Crippen LogP contribution in [0.4, 0.5) is 0 Å². The fourth-order valence-electron chi connectivity index (χ4n) is 8.45. The molecule has 0 amide bonds. The van der Waals surface area contributed by atoms with Crippen molar-refractivity contribution >= 4 is 23.1 Å². The third-order valence-electron chi connectivity index (χ3n) is 10.7. The predicted molar refractivity (Wildman–Crippen MR) is 200 cm³/mol. The first kappa shape index (κ1) is 29.5. The van der Waals surface area contributed by atoms with Gasteiger partial charge in [0.05, 0.1) is 0 Å². The topological polar surface area (TPSA) is 51.8 Å². The lowest BCUT2D eigenvalue weighted by Crippen LogP contribution is -2.28. The smallest absolute Gasteiger partial charge is 0.164 e. The molecule has 2 aliphatic carbocycles. The van der Waals surface area contributed by atoms with Crippen LogP contribution in [0.25, 0.3) is 79.5 Å². The lowest BCUT2D eigenvalue weighted by Gasteiger charge is -2.36. The lowest BCUT2D eigenvalue weighted by atomic mass is 9.67. The van der Waals surface area contributed by atoms with Gasteiger partial charge in [0.25, 0.3) is 0 Å². The molecule has 2 heterocycles. The van der Waals surface area contributed by atoms with Gasteiger partial charge in [0, 0.05) is 32.7 Å². The molecule has 1 saturated carbocycles. The number of hydrogen-bond acceptors (Lipinski definition) is 4. The summed E-state index contributed by atoms with van der Waals surface area (Å²) in [5.41, 5.74) is 12.7. The van der Waals surface area contributed by atoms with E-state index >= 15 is 0 Å². The van der Waals surface area contributed by atoms with E-state index in [-0.39, 0.29) is 5.41 Å². The van der Waals surface area contributed by atoms with Crippen LogP contribution in [-0.4, -0.2) is 15.0 Å². The van der Waals surface area contributed by atoms with Gasteiger partial charge in [0.15, 0.2) is 17.5 Å². The van der Waals surface area contributed by atoms with Gasteiger partial charge in [-0.15, -0.1) is 0 Å². The molecule has 1 spiro atoms. The maximum atomic E-state index is 6.30. The predicted octanol–water partition coefficient (Wildman–Crippen LogP) is 10.1. The summed E-state index contributed by atoms with van der Waals surface area (Å²) in [4.78, 5) is 15.3. The van der Waals surface area contributed by atoms with Crippen molar-refractivity contribution in [3.05, 3.63) is 137 Å². The van der Waals surface area contributed by atoms with Crippen molar-refractivity contribution in [1.82, 2.24) is 15.0 Å². The van der Waals surface area contributed by atoms with Gasteiger partial charge in [0.2, 0.25) is 0 Å². The van der Waals surface area contributed by atoms with E-state index in [1.807, 2.05) is 43.3 Å². The van der Waals surface area contributed by atoms with Crippen molar-refractivity contribution in [3.63, 3.8) is 0 Å². The third-order valence-corrected chi connectivity index (χ3v) is 10.7. The van der Waals surface area contributed by atoms with E-state index in [9.17, 15) is 0 Å². The van der Waals surface area contributed by atoms with Crippen molar-refractivity contribution in [2.75, 3.05) is 0 Å². The molecule has 0 radical (unpaired) electrons. The van der Waals surface area contributed by atoms with Gasteiger partial charge in [-0.25, -0.2) is 15.0 Å². The average molecular weight is 636 g/mol. The molecule has 2 aromatic heterocycles. The Bertz CT molecular complexity index is 2430. The average Bonchev–Trinajstić information content (AvgIpc) is 3.68. The van der Waals surface area contributed by atoms with Crippen molar-refractivity contribution in [3.8, 4) is 56.4 Å². The minimum absolute atomic E-state index is 0.0428. The summed E-state index contributed by atoms with van der Waals surface area (Å²) in [7, 11) is 0. The maximum Gasteiger partial charge on any atom is 0.164 e. The summed E-state index contributed by atoms with van der Waals surface area (Å²) < 4.78 is 6.30. The number of benzene rings is 5. The lowest BCUT2D eigenvalue weighted by molar-refractivity contribution is 0.353. The second-order valence-electron chi connectivity index (χ2n) is 13.3. The second-order valence-corrected chi connectivity index (χ2v) is 13.3. The van der Waals surface area contributed by atoms with Gasteiger partial charge in [-0.2, -0.15) is 0 Å². The molecule has 0 N–H and O–H groups in total. The summed E-state index contributed by atoms with van der Waals surface area (Å²) in [5.74, 6) is 2.08. The molecule has 0 saturated heterocycles. The Labute approximate surface area is 286 Å². The van der Waals surface area contributed by atoms with Crippen LogP contribution in [0.2, 0.25) is 0 Å². The molecule has 0 bridgehead atoms. The Morgan fingerprint density at radius 2 is 1.20 bits per heavy atom. The molecule has 238 valence electrons. The van der Waals surface area contributed by atoms with Crippen LogP contribution in [0.1, 0.15) is 57.1 Å². The van der Waals surface area contributed by atoms with Gasteiger partial charge in [-0.05, 0) is 78.3 Å². The number of hydrogen-bond donors (Lipinski definition) is 0. The largest absolute Gasteiger partial charge is 0.456 e. The van der Waals surface area contributed by atoms with Crippen molar-refractivity contribution in [2.24, 2.45) is 0 Å². The molecule has 4 nitrogen and oxygen atoms in total. The van der Waals surface area contributed by atoms with E-state index < -0.39 is 0 Å². The third kappa shape index (κ3) is 4.69. The normalized spacial score (nSPS) is 15.6. The zero-order valence-electron chi connectivity index (χ0n) is 27.9. The van der Waals surface area contributed by atoms with Gasteiger partial charge < -0.3 is 4.42 Å². The first-order valence-electron chi connectivity index (χ1n) is 17.5. The van der Waals surface area contributed by atoms with Crippen LogP contribution < -0.4 is 10.6 Å². The Morgan fingerprint density at radius 1 is 0.551 bits per heavy atom. The minimum Gasteiger partial charge on any atom is -0.456 e. The summed E-state index contributed by atoms with van der Waals surface area (Å²) >= 11 is 0. The Kier molecular flexibility index (Phi) is 7.12. The summed E-state index contributed by atoms with van der Waals surface area (Å²) in [6, 6.07) is 40.8. The highest BCUT2D eigenvalue weighted by molar-refractivity contribution is 5.97. The maximum absolute atomic E-state index is 6.30. The number of furan rings is 1. The van der Waals surface area contributed by atoms with Crippen LogP contribution in [0.15, 0.2) is 120 Å². The Morgan fingerprint density at radius 3 is 1.88 bits per heavy atom. The van der Waals surface area contributed by atoms with Crippen LogP contribution in [0.3, 0.4) is 0 Å². The van der Waals surface area contributed by atoms with Crippen LogP contribution in [-0.2, 0) is 5.41 Å². The Hall–Kier alpha value is -5.61. The second kappa shape index (κ2) is 11.8. The first-order chi connectivity index (χ1) is 24.2. The zero-order chi connectivity index (χ0) is 33.0. The van der Waals surface area contributed by atoms with Gasteiger partial charge in [-0.1, -0.05) is 128 Å². The van der Waals surface area contributed by atoms with E-state index in [1.165, 1.54) is 58.0 Å². The van der Waals surface area contributed by atoms with E-state index in [1.54, 1.807) is 0 Å². The molecule has 49 heavy (non-hydrogen) atoms. The molecular weight excluding hydrogens is 599 g/mol. The van der Waals surface area contributed by atoms with Crippen molar-refractivity contribution in [1.29, 1.82) is 0 Å². The molecule has 5 aromatic carbocycles. The van der Waals surface area contributed by atoms with Crippen LogP contribution >= 0.6 is 0 Å². The first-order valence-corrected chi connectivity index (χ1v) is 17.5. The fraction of sp³-hybridized carbons (Fsp3) is 0.178. The van der Waals surface area contributed by atoms with Gasteiger partial charge in [-0.3, -0.25) is 0 Å². The molecular formula is C45H37N3O. The highest BCUT2D eigenvalue weighted by Crippen LogP contribution is 2.58. The molecule has 0 aliphatic heterocycles. The number of rotatable bonds is 4. The summed E-state index contributed by atoms with van der Waals surface area (Å²) in [5, 5.41) is 2.34. The van der Waals surface area contributed by atoms with E-state index in [2.05, 4.69) is 97.9 Å².